The van der Waals surface area contributed by atoms with Crippen LogP contribution < -0.4 is 4.89 Å². The number of carbonyl (C=O) groups excluding carboxylic acids is 1. The fraction of sp³-hybridized carbons (Fsp3) is 0.848. The highest BCUT2D eigenvalue weighted by Gasteiger charge is 2.20. The minimum Gasteiger partial charge on any atom is -0.756 e. The molecule has 0 aromatic heterocycles. The zero-order valence-corrected chi connectivity index (χ0v) is 37.5. The Morgan fingerprint density at radius 1 is 0.582 bits per heavy atom. The van der Waals surface area contributed by atoms with Crippen molar-refractivity contribution in [3.05, 3.63) is 36.6 Å². The van der Waals surface area contributed by atoms with E-state index in [2.05, 4.69) is 38.2 Å². The number of phosphoric ester groups is 1. The SMILES string of the molecule is CCCCC/C=C/C/C=C/CCCCCCCCCCCC(=O)O[C@H](CO/C=C/CCCCCCCCCCCCCC)COP(=O)([O-])OCC[N+](C)(C)C. The van der Waals surface area contributed by atoms with Crippen molar-refractivity contribution in [3.8, 4) is 0 Å². The van der Waals surface area contributed by atoms with E-state index < -0.39 is 13.9 Å². The molecule has 1 unspecified atom stereocenters. The van der Waals surface area contributed by atoms with E-state index in [0.717, 1.165) is 38.5 Å². The monoisotopic (exact) mass is 798 g/mol. The summed E-state index contributed by atoms with van der Waals surface area (Å²) in [6, 6.07) is 0. The average molecular weight is 798 g/mol. The van der Waals surface area contributed by atoms with Crippen LogP contribution in [0.2, 0.25) is 0 Å². The number of hydrogen-bond donors (Lipinski definition) is 0. The van der Waals surface area contributed by atoms with Crippen LogP contribution in [-0.4, -0.2) is 64.1 Å². The van der Waals surface area contributed by atoms with Crippen LogP contribution in [-0.2, 0) is 27.9 Å². The second-order valence-electron chi connectivity index (χ2n) is 16.5. The van der Waals surface area contributed by atoms with Gasteiger partial charge in [0.25, 0.3) is 7.82 Å². The summed E-state index contributed by atoms with van der Waals surface area (Å²) < 4.78 is 34.4. The predicted molar refractivity (Wildman–Crippen MR) is 231 cm³/mol. The van der Waals surface area contributed by atoms with E-state index in [0.29, 0.717) is 17.4 Å². The summed E-state index contributed by atoms with van der Waals surface area (Å²) in [4.78, 5) is 25.0. The Morgan fingerprint density at radius 2 is 1.02 bits per heavy atom. The second kappa shape index (κ2) is 39.4. The molecule has 0 bridgehead atoms. The maximum atomic E-state index is 12.7. The molecule has 0 saturated carbocycles. The molecule has 0 N–H and O–H groups in total. The lowest BCUT2D eigenvalue weighted by Gasteiger charge is -2.28. The molecule has 0 aliphatic rings. The van der Waals surface area contributed by atoms with E-state index >= 15 is 0 Å². The fourth-order valence-electron chi connectivity index (χ4n) is 6.19. The number of phosphoric acid groups is 1. The Hall–Kier alpha value is -1.44. The van der Waals surface area contributed by atoms with Crippen LogP contribution in [0, 0.1) is 0 Å². The van der Waals surface area contributed by atoms with E-state index in [1.165, 1.54) is 141 Å². The molecule has 0 rings (SSSR count). The topological polar surface area (TPSA) is 94.1 Å². The maximum absolute atomic E-state index is 12.7. The van der Waals surface area contributed by atoms with Crippen LogP contribution in [0.5, 0.6) is 0 Å². The van der Waals surface area contributed by atoms with E-state index in [1.54, 1.807) is 6.26 Å². The van der Waals surface area contributed by atoms with Crippen LogP contribution in [0.4, 0.5) is 0 Å². The highest BCUT2D eigenvalue weighted by molar-refractivity contribution is 7.45. The number of ether oxygens (including phenoxy) is 2. The zero-order valence-electron chi connectivity index (χ0n) is 36.6. The summed E-state index contributed by atoms with van der Waals surface area (Å²) in [6.45, 7) is 4.72. The van der Waals surface area contributed by atoms with Gasteiger partial charge in [0.1, 0.15) is 19.8 Å². The Labute approximate surface area is 340 Å². The highest BCUT2D eigenvalue weighted by Crippen LogP contribution is 2.38. The third-order valence-electron chi connectivity index (χ3n) is 9.76. The van der Waals surface area contributed by atoms with Gasteiger partial charge in [-0.1, -0.05) is 167 Å². The first-order valence-electron chi connectivity index (χ1n) is 22.8. The lowest BCUT2D eigenvalue weighted by atomic mass is 10.0. The third-order valence-corrected chi connectivity index (χ3v) is 10.7. The summed E-state index contributed by atoms with van der Waals surface area (Å²) in [6.07, 6.45) is 46.7. The number of quaternary nitrogens is 1. The highest BCUT2D eigenvalue weighted by atomic mass is 31.2. The lowest BCUT2D eigenvalue weighted by Crippen LogP contribution is -2.37. The number of hydrogen-bond acceptors (Lipinski definition) is 7. The van der Waals surface area contributed by atoms with Gasteiger partial charge in [-0.3, -0.25) is 9.36 Å². The van der Waals surface area contributed by atoms with Crippen LogP contribution in [0.3, 0.4) is 0 Å². The molecular formula is C46H88NO7P. The van der Waals surface area contributed by atoms with Gasteiger partial charge in [-0.25, -0.2) is 0 Å². The van der Waals surface area contributed by atoms with E-state index in [4.69, 9.17) is 18.5 Å². The van der Waals surface area contributed by atoms with Crippen LogP contribution in [0.25, 0.3) is 0 Å². The largest absolute Gasteiger partial charge is 0.756 e. The molecule has 0 aromatic carbocycles. The van der Waals surface area contributed by atoms with Crippen molar-refractivity contribution >= 4 is 13.8 Å². The predicted octanol–water partition coefficient (Wildman–Crippen LogP) is 13.1. The number of allylic oxidation sites excluding steroid dienone is 5. The molecule has 0 amide bonds. The van der Waals surface area contributed by atoms with Gasteiger partial charge in [0, 0.05) is 6.42 Å². The number of rotatable bonds is 42. The zero-order chi connectivity index (χ0) is 40.6. The van der Waals surface area contributed by atoms with Crippen molar-refractivity contribution in [2.24, 2.45) is 0 Å². The number of unbranched alkanes of at least 4 members (excludes halogenated alkanes) is 24. The van der Waals surface area contributed by atoms with Gasteiger partial charge in [-0.05, 0) is 57.4 Å². The number of nitrogens with zero attached hydrogens (tertiary/aromatic N) is 1. The molecule has 2 atom stereocenters. The molecule has 0 fully saturated rings. The Bertz CT molecular complexity index is 978. The standard InChI is InChI=1S/C46H88NO7P/c1-6-8-10-12-14-16-18-20-22-23-24-25-26-27-29-31-33-35-37-39-46(48)54-45(44-53-55(49,50)52-42-40-47(3,4)5)43-51-41-38-36-34-32-30-28-21-19-17-15-13-11-9-7-2/h14,16,20,22,38,41,45H,6-13,15,17-19,21,23-37,39-40,42-44H2,1-5H3/b16-14+,22-20+,41-38+/t45-/m1/s1. The molecule has 0 radical (unpaired) electrons. The normalized spacial score (nSPS) is 14.0. The molecule has 8 nitrogen and oxygen atoms in total. The van der Waals surface area contributed by atoms with Gasteiger partial charge < -0.3 is 27.9 Å². The van der Waals surface area contributed by atoms with E-state index in [1.807, 2.05) is 27.2 Å². The summed E-state index contributed by atoms with van der Waals surface area (Å²) in [5.41, 5.74) is 0. The van der Waals surface area contributed by atoms with Gasteiger partial charge in [-0.2, -0.15) is 0 Å². The Kier molecular flexibility index (Phi) is 38.4. The molecule has 0 heterocycles. The first-order valence-corrected chi connectivity index (χ1v) is 24.2. The van der Waals surface area contributed by atoms with Crippen molar-refractivity contribution in [2.75, 3.05) is 47.5 Å². The van der Waals surface area contributed by atoms with Crippen molar-refractivity contribution in [3.63, 3.8) is 0 Å². The van der Waals surface area contributed by atoms with E-state index in [-0.39, 0.29) is 25.8 Å². The van der Waals surface area contributed by atoms with Crippen LogP contribution in [0.1, 0.15) is 200 Å². The van der Waals surface area contributed by atoms with Gasteiger partial charge in [0.05, 0.1) is 34.0 Å². The fourth-order valence-corrected chi connectivity index (χ4v) is 6.92. The molecule has 0 aliphatic heterocycles. The lowest BCUT2D eigenvalue weighted by molar-refractivity contribution is -0.870. The number of carbonyl (C=O) groups is 1. The summed E-state index contributed by atoms with van der Waals surface area (Å²) in [5, 5.41) is 0. The van der Waals surface area contributed by atoms with Gasteiger partial charge in [0.2, 0.25) is 0 Å². The Morgan fingerprint density at radius 3 is 1.53 bits per heavy atom. The Balaban J connectivity index is 4.25. The number of likely N-dealkylation sites (N-methyl/N-ethyl adjacent to an activating group) is 1. The van der Waals surface area contributed by atoms with Gasteiger partial charge in [0.15, 0.2) is 6.10 Å². The third kappa shape index (κ3) is 43.5. The average Bonchev–Trinajstić information content (AvgIpc) is 3.13. The van der Waals surface area contributed by atoms with Crippen molar-refractivity contribution in [2.45, 2.75) is 206 Å². The molecule has 9 heteroatoms. The molecule has 55 heavy (non-hydrogen) atoms. The summed E-state index contributed by atoms with van der Waals surface area (Å²) in [7, 11) is 1.32. The maximum Gasteiger partial charge on any atom is 0.306 e. The minimum atomic E-state index is -4.54. The molecule has 0 aliphatic carbocycles. The molecule has 0 saturated heterocycles. The smallest absolute Gasteiger partial charge is 0.306 e. The summed E-state index contributed by atoms with van der Waals surface area (Å²) >= 11 is 0. The van der Waals surface area contributed by atoms with Gasteiger partial charge in [-0.15, -0.1) is 0 Å². The molecular weight excluding hydrogens is 709 g/mol. The second-order valence-corrected chi connectivity index (χ2v) is 17.9. The quantitative estimate of drug-likeness (QED) is 0.0152. The van der Waals surface area contributed by atoms with Crippen molar-refractivity contribution < 1.29 is 37.3 Å². The number of esters is 1. The first-order chi connectivity index (χ1) is 26.6. The minimum absolute atomic E-state index is 0.0161. The van der Waals surface area contributed by atoms with E-state index in [9.17, 15) is 14.3 Å². The van der Waals surface area contributed by atoms with Crippen LogP contribution in [0.15, 0.2) is 36.6 Å². The van der Waals surface area contributed by atoms with Gasteiger partial charge >= 0.3 is 5.97 Å². The first kappa shape index (κ1) is 53.6. The summed E-state index contributed by atoms with van der Waals surface area (Å²) in [5.74, 6) is -0.360. The molecule has 0 spiro atoms. The molecule has 0 aromatic rings. The van der Waals surface area contributed by atoms with Crippen molar-refractivity contribution in [1.29, 1.82) is 0 Å². The van der Waals surface area contributed by atoms with Crippen LogP contribution >= 0.6 is 7.82 Å². The van der Waals surface area contributed by atoms with Crippen molar-refractivity contribution in [1.82, 2.24) is 0 Å². The molecule has 324 valence electrons.